The van der Waals surface area contributed by atoms with E-state index in [0.29, 0.717) is 32.7 Å². The summed E-state index contributed by atoms with van der Waals surface area (Å²) in [7, 11) is 1.54. The average Bonchev–Trinajstić information content (AvgIpc) is 2.58. The van der Waals surface area contributed by atoms with Gasteiger partial charge in [-0.05, 0) is 58.5 Å². The monoisotopic (exact) mass is 483 g/mol. The number of methoxy groups -OCH3 is 1. The van der Waals surface area contributed by atoms with Crippen LogP contribution in [0, 0.1) is 27.2 Å². The van der Waals surface area contributed by atoms with Crippen molar-refractivity contribution in [3.63, 3.8) is 0 Å². The van der Waals surface area contributed by atoms with Crippen LogP contribution in [0.3, 0.4) is 0 Å². The molecule has 0 aliphatic heterocycles. The summed E-state index contributed by atoms with van der Waals surface area (Å²) in [5, 5.41) is 10.4. The molecule has 0 atom stereocenters. The van der Waals surface area contributed by atoms with Crippen LogP contribution < -0.4 is 9.47 Å². The molecule has 0 saturated heterocycles. The van der Waals surface area contributed by atoms with Gasteiger partial charge in [-0.2, -0.15) is 5.26 Å². The van der Waals surface area contributed by atoms with E-state index in [2.05, 4.69) is 34.6 Å². The number of nitriles is 1. The highest BCUT2D eigenvalue weighted by molar-refractivity contribution is 14.1. The summed E-state index contributed by atoms with van der Waals surface area (Å²) in [5.74, 6) is 3.53. The molecule has 0 radical (unpaired) electrons. The predicted molar refractivity (Wildman–Crippen MR) is 110 cm³/mol. The number of hydrogen-bond acceptors (Lipinski definition) is 3. The van der Waals surface area contributed by atoms with Crippen molar-refractivity contribution in [2.45, 2.75) is 0 Å². The summed E-state index contributed by atoms with van der Waals surface area (Å²) in [6.45, 7) is 0.144. The summed E-state index contributed by atoms with van der Waals surface area (Å²) in [4.78, 5) is 0. The van der Waals surface area contributed by atoms with E-state index in [1.54, 1.807) is 37.5 Å². The van der Waals surface area contributed by atoms with Crippen LogP contribution in [0.5, 0.6) is 11.5 Å². The topological polar surface area (TPSA) is 42.2 Å². The molecule has 0 unspecified atom stereocenters. The van der Waals surface area contributed by atoms with Gasteiger partial charge < -0.3 is 9.47 Å². The molecule has 0 fully saturated rings. The van der Waals surface area contributed by atoms with Crippen molar-refractivity contribution >= 4 is 57.4 Å². The van der Waals surface area contributed by atoms with Crippen LogP contribution in [0.1, 0.15) is 11.1 Å². The second-order valence-corrected chi connectivity index (χ2v) is 6.83. The predicted octanol–water partition coefficient (Wildman–Crippen LogP) is 5.68. The number of halogens is 3. The average molecular weight is 484 g/mol. The number of rotatable bonds is 5. The van der Waals surface area contributed by atoms with E-state index in [9.17, 15) is 5.26 Å². The van der Waals surface area contributed by atoms with Crippen LogP contribution in [-0.4, -0.2) is 13.7 Å². The minimum atomic E-state index is 0.144. The van der Waals surface area contributed by atoms with Gasteiger partial charge in [0.15, 0.2) is 11.5 Å². The molecule has 2 aromatic carbocycles. The van der Waals surface area contributed by atoms with Crippen LogP contribution in [0.25, 0.3) is 11.6 Å². The Morgan fingerprint density at radius 2 is 2.08 bits per heavy atom. The third-order valence-electron chi connectivity index (χ3n) is 3.20. The zero-order valence-corrected chi connectivity index (χ0v) is 16.8. The lowest BCUT2D eigenvalue weighted by Crippen LogP contribution is -1.99. The zero-order valence-electron chi connectivity index (χ0n) is 13.1. The minimum absolute atomic E-state index is 0.144. The number of benzene rings is 2. The highest BCUT2D eigenvalue weighted by atomic mass is 127. The molecule has 25 heavy (non-hydrogen) atoms. The number of hydrogen-bond donors (Lipinski definition) is 0. The summed E-state index contributed by atoms with van der Waals surface area (Å²) in [5.41, 5.74) is 1.80. The lowest BCUT2D eigenvalue weighted by Gasteiger charge is -2.12. The van der Waals surface area contributed by atoms with Gasteiger partial charge in [-0.1, -0.05) is 35.2 Å². The lowest BCUT2D eigenvalue weighted by molar-refractivity contribution is 0.328. The van der Waals surface area contributed by atoms with Gasteiger partial charge in [0.25, 0.3) is 0 Å². The standard InChI is InChI=1S/C19H12Cl2INO2/c1-3-6-25-19-17(22)8-12(9-18(19)24-2)7-13(11-23)15-5-4-14(20)10-16(15)21/h1,4-5,7-10H,6H2,2H3/b13-7+. The Hall–Kier alpha value is -1.86. The van der Waals surface area contributed by atoms with Gasteiger partial charge in [-0.25, -0.2) is 0 Å². The fraction of sp³-hybridized carbons (Fsp3) is 0.105. The van der Waals surface area contributed by atoms with Crippen molar-refractivity contribution in [2.24, 2.45) is 0 Å². The maximum Gasteiger partial charge on any atom is 0.175 e. The summed E-state index contributed by atoms with van der Waals surface area (Å²) in [6, 6.07) is 10.8. The molecule has 0 N–H and O–H groups in total. The fourth-order valence-corrected chi connectivity index (χ4v) is 3.41. The number of terminal acetylenes is 1. The highest BCUT2D eigenvalue weighted by Crippen LogP contribution is 2.35. The quantitative estimate of drug-likeness (QED) is 0.237. The van der Waals surface area contributed by atoms with Gasteiger partial charge in [0.05, 0.1) is 27.3 Å². The van der Waals surface area contributed by atoms with E-state index in [1.165, 1.54) is 0 Å². The van der Waals surface area contributed by atoms with Crippen molar-refractivity contribution in [1.29, 1.82) is 5.26 Å². The molecule has 0 heterocycles. The molecule has 3 nitrogen and oxygen atoms in total. The van der Waals surface area contributed by atoms with Crippen LogP contribution >= 0.6 is 45.8 Å². The van der Waals surface area contributed by atoms with Crippen molar-refractivity contribution < 1.29 is 9.47 Å². The van der Waals surface area contributed by atoms with Gasteiger partial charge in [-0.15, -0.1) is 6.42 Å². The van der Waals surface area contributed by atoms with Crippen LogP contribution in [0.4, 0.5) is 0 Å². The van der Waals surface area contributed by atoms with E-state index >= 15 is 0 Å². The van der Waals surface area contributed by atoms with E-state index in [-0.39, 0.29) is 6.61 Å². The minimum Gasteiger partial charge on any atom is -0.493 e. The van der Waals surface area contributed by atoms with Crippen molar-refractivity contribution in [3.8, 4) is 29.9 Å². The van der Waals surface area contributed by atoms with E-state index in [4.69, 9.17) is 39.1 Å². The molecule has 0 aliphatic carbocycles. The number of nitrogens with zero attached hydrogens (tertiary/aromatic N) is 1. The Labute approximate surface area is 170 Å². The Bertz CT molecular complexity index is 911. The van der Waals surface area contributed by atoms with Crippen LogP contribution in [-0.2, 0) is 0 Å². The summed E-state index contributed by atoms with van der Waals surface area (Å²) < 4.78 is 11.7. The molecular formula is C19H12Cl2INO2. The molecule has 0 saturated carbocycles. The normalized spacial score (nSPS) is 10.7. The van der Waals surface area contributed by atoms with Crippen molar-refractivity contribution in [1.82, 2.24) is 0 Å². The first-order valence-electron chi connectivity index (χ1n) is 7.01. The summed E-state index contributed by atoms with van der Waals surface area (Å²) in [6.07, 6.45) is 6.96. The highest BCUT2D eigenvalue weighted by Gasteiger charge is 2.12. The van der Waals surface area contributed by atoms with Gasteiger partial charge in [0, 0.05) is 10.6 Å². The van der Waals surface area contributed by atoms with Crippen LogP contribution in [0.15, 0.2) is 30.3 Å². The molecule has 0 spiro atoms. The maximum absolute atomic E-state index is 9.51. The first kappa shape index (κ1) is 19.5. The largest absolute Gasteiger partial charge is 0.493 e. The van der Waals surface area contributed by atoms with Gasteiger partial charge >= 0.3 is 0 Å². The molecule has 126 valence electrons. The Kier molecular flexibility index (Phi) is 7.01. The third-order valence-corrected chi connectivity index (χ3v) is 4.55. The van der Waals surface area contributed by atoms with E-state index in [0.717, 1.165) is 9.13 Å². The molecule has 0 bridgehead atoms. The fourth-order valence-electron chi connectivity index (χ4n) is 2.12. The number of ether oxygens (including phenoxy) is 2. The molecule has 0 aromatic heterocycles. The van der Waals surface area contributed by atoms with E-state index in [1.807, 2.05) is 6.07 Å². The molecule has 6 heteroatoms. The summed E-state index contributed by atoms with van der Waals surface area (Å²) >= 11 is 14.2. The first-order valence-corrected chi connectivity index (χ1v) is 8.84. The van der Waals surface area contributed by atoms with E-state index < -0.39 is 0 Å². The lowest BCUT2D eigenvalue weighted by atomic mass is 10.0. The van der Waals surface area contributed by atoms with Crippen LogP contribution in [0.2, 0.25) is 10.0 Å². The zero-order chi connectivity index (χ0) is 18.4. The molecule has 2 rings (SSSR count). The second-order valence-electron chi connectivity index (χ2n) is 4.82. The third kappa shape index (κ3) is 4.83. The molecular weight excluding hydrogens is 472 g/mol. The number of allylic oxidation sites excluding steroid dienone is 1. The Balaban J connectivity index is 2.50. The SMILES string of the molecule is C#CCOc1c(I)cc(/C=C(\C#N)c2ccc(Cl)cc2Cl)cc1OC. The molecule has 2 aromatic rings. The first-order chi connectivity index (χ1) is 12.0. The van der Waals surface area contributed by atoms with Crippen molar-refractivity contribution in [3.05, 3.63) is 55.1 Å². The smallest absolute Gasteiger partial charge is 0.175 e. The van der Waals surface area contributed by atoms with Gasteiger partial charge in [0.1, 0.15) is 6.61 Å². The molecule has 0 amide bonds. The Morgan fingerprint density at radius 3 is 2.68 bits per heavy atom. The van der Waals surface area contributed by atoms with Gasteiger partial charge in [0.2, 0.25) is 0 Å². The maximum atomic E-state index is 9.51. The van der Waals surface area contributed by atoms with Gasteiger partial charge in [-0.3, -0.25) is 0 Å². The van der Waals surface area contributed by atoms with Crippen molar-refractivity contribution in [2.75, 3.05) is 13.7 Å². The Morgan fingerprint density at radius 1 is 1.32 bits per heavy atom. The molecule has 0 aliphatic rings. The second kappa shape index (κ2) is 9.01.